The Kier molecular flexibility index (Phi) is 6.62. The van der Waals surface area contributed by atoms with E-state index in [1.807, 2.05) is 30.3 Å². The number of hydrazone groups is 1. The molecular formula is C17H17F2N3OS. The van der Waals surface area contributed by atoms with Crippen LogP contribution in [0.1, 0.15) is 18.1 Å². The molecule has 0 heterocycles. The average Bonchev–Trinajstić information content (AvgIpc) is 2.58. The van der Waals surface area contributed by atoms with Crippen molar-refractivity contribution in [2.75, 3.05) is 0 Å². The third-order valence-electron chi connectivity index (χ3n) is 3.11. The number of nitrogens with one attached hydrogen (secondary N) is 2. The van der Waals surface area contributed by atoms with Gasteiger partial charge < -0.3 is 10.1 Å². The van der Waals surface area contributed by atoms with Crippen molar-refractivity contribution in [3.05, 3.63) is 65.7 Å². The predicted octanol–water partition coefficient (Wildman–Crippen LogP) is 3.68. The minimum atomic E-state index is -2.89. The van der Waals surface area contributed by atoms with Crippen molar-refractivity contribution in [2.24, 2.45) is 5.10 Å². The number of para-hydroxylation sites is 1. The SMILES string of the molecule is C/C(=N\NC(=S)NCc1ccccc1)c1ccccc1OC(F)F. The fraction of sp³-hybridized carbons (Fsp3) is 0.176. The van der Waals surface area contributed by atoms with E-state index < -0.39 is 6.61 Å². The van der Waals surface area contributed by atoms with E-state index in [1.54, 1.807) is 25.1 Å². The van der Waals surface area contributed by atoms with Gasteiger partial charge in [0.1, 0.15) is 5.75 Å². The lowest BCUT2D eigenvalue weighted by molar-refractivity contribution is -0.0499. The van der Waals surface area contributed by atoms with Gasteiger partial charge in [-0.05, 0) is 36.8 Å². The van der Waals surface area contributed by atoms with Crippen molar-refractivity contribution >= 4 is 23.0 Å². The Morgan fingerprint density at radius 2 is 1.79 bits per heavy atom. The molecule has 2 rings (SSSR count). The number of ether oxygens (including phenoxy) is 1. The van der Waals surface area contributed by atoms with Crippen molar-refractivity contribution in [3.8, 4) is 5.75 Å². The first-order valence-electron chi connectivity index (χ1n) is 7.22. The molecule has 0 radical (unpaired) electrons. The monoisotopic (exact) mass is 349 g/mol. The lowest BCUT2D eigenvalue weighted by Crippen LogP contribution is -2.32. The molecule has 0 atom stereocenters. The van der Waals surface area contributed by atoms with E-state index in [0.29, 0.717) is 22.9 Å². The predicted molar refractivity (Wildman–Crippen MR) is 94.3 cm³/mol. The number of hydrogen-bond donors (Lipinski definition) is 2. The van der Waals surface area contributed by atoms with Gasteiger partial charge in [-0.15, -0.1) is 0 Å². The summed E-state index contributed by atoms with van der Waals surface area (Å²) in [5.74, 6) is 0.0683. The highest BCUT2D eigenvalue weighted by Crippen LogP contribution is 2.20. The molecule has 0 aromatic heterocycles. The Bertz CT molecular complexity index is 708. The van der Waals surface area contributed by atoms with Crippen LogP contribution in [0.25, 0.3) is 0 Å². The van der Waals surface area contributed by atoms with Crippen LogP contribution in [0.15, 0.2) is 59.7 Å². The fourth-order valence-corrected chi connectivity index (χ4v) is 2.09. The van der Waals surface area contributed by atoms with Gasteiger partial charge in [-0.25, -0.2) is 0 Å². The third kappa shape index (κ3) is 5.58. The zero-order valence-corrected chi connectivity index (χ0v) is 13.8. The number of thiocarbonyl (C=S) groups is 1. The second-order valence-corrected chi connectivity index (χ2v) is 5.26. The molecule has 126 valence electrons. The Labute approximate surface area is 144 Å². The van der Waals surface area contributed by atoms with Gasteiger partial charge in [0.25, 0.3) is 0 Å². The van der Waals surface area contributed by atoms with E-state index in [1.165, 1.54) is 6.07 Å². The van der Waals surface area contributed by atoms with Crippen LogP contribution in [-0.2, 0) is 6.54 Å². The second-order valence-electron chi connectivity index (χ2n) is 4.85. The molecule has 2 aromatic rings. The highest BCUT2D eigenvalue weighted by atomic mass is 32.1. The van der Waals surface area contributed by atoms with Gasteiger partial charge in [-0.2, -0.15) is 13.9 Å². The van der Waals surface area contributed by atoms with Gasteiger partial charge in [0.15, 0.2) is 5.11 Å². The molecule has 0 aliphatic heterocycles. The zero-order valence-electron chi connectivity index (χ0n) is 13.0. The minimum absolute atomic E-state index is 0.0683. The molecule has 0 saturated carbocycles. The number of nitrogens with zero attached hydrogens (tertiary/aromatic N) is 1. The number of rotatable bonds is 6. The molecule has 0 spiro atoms. The molecule has 0 aliphatic carbocycles. The summed E-state index contributed by atoms with van der Waals surface area (Å²) in [4.78, 5) is 0. The molecule has 24 heavy (non-hydrogen) atoms. The summed E-state index contributed by atoms with van der Waals surface area (Å²) >= 11 is 5.14. The molecule has 0 amide bonds. The van der Waals surface area contributed by atoms with Gasteiger partial charge in [-0.1, -0.05) is 42.5 Å². The third-order valence-corrected chi connectivity index (χ3v) is 3.35. The van der Waals surface area contributed by atoms with Crippen molar-refractivity contribution in [3.63, 3.8) is 0 Å². The maximum Gasteiger partial charge on any atom is 0.387 e. The first-order chi connectivity index (χ1) is 11.6. The molecule has 0 fully saturated rings. The van der Waals surface area contributed by atoms with E-state index >= 15 is 0 Å². The Morgan fingerprint density at radius 3 is 2.50 bits per heavy atom. The summed E-state index contributed by atoms with van der Waals surface area (Å²) in [6.45, 7) is -0.646. The van der Waals surface area contributed by atoms with Crippen LogP contribution in [-0.4, -0.2) is 17.4 Å². The van der Waals surface area contributed by atoms with Crippen molar-refractivity contribution in [2.45, 2.75) is 20.1 Å². The molecule has 0 saturated heterocycles. The van der Waals surface area contributed by atoms with Crippen LogP contribution >= 0.6 is 12.2 Å². The van der Waals surface area contributed by atoms with Crippen LogP contribution in [0.4, 0.5) is 8.78 Å². The van der Waals surface area contributed by atoms with E-state index in [-0.39, 0.29) is 5.75 Å². The Balaban J connectivity index is 1.95. The molecule has 0 bridgehead atoms. The first kappa shape index (κ1) is 17.8. The molecule has 0 unspecified atom stereocenters. The van der Waals surface area contributed by atoms with Crippen molar-refractivity contribution < 1.29 is 13.5 Å². The van der Waals surface area contributed by atoms with E-state index in [4.69, 9.17) is 12.2 Å². The maximum absolute atomic E-state index is 12.4. The second kappa shape index (κ2) is 8.93. The quantitative estimate of drug-likeness (QED) is 0.474. The normalized spacial score (nSPS) is 11.2. The number of hydrogen-bond acceptors (Lipinski definition) is 3. The van der Waals surface area contributed by atoms with Crippen LogP contribution < -0.4 is 15.5 Å². The summed E-state index contributed by atoms with van der Waals surface area (Å²) in [6, 6.07) is 16.2. The molecule has 2 N–H and O–H groups in total. The molecular weight excluding hydrogens is 332 g/mol. The van der Waals surface area contributed by atoms with Crippen LogP contribution in [0.3, 0.4) is 0 Å². The lowest BCUT2D eigenvalue weighted by atomic mass is 10.1. The first-order valence-corrected chi connectivity index (χ1v) is 7.63. The summed E-state index contributed by atoms with van der Waals surface area (Å²) in [6.07, 6.45) is 0. The smallest absolute Gasteiger partial charge is 0.387 e. The Hall–Kier alpha value is -2.54. The summed E-state index contributed by atoms with van der Waals surface area (Å²) in [5.41, 5.74) is 4.73. The van der Waals surface area contributed by atoms with Gasteiger partial charge in [0.2, 0.25) is 0 Å². The number of alkyl halides is 2. The standard InChI is InChI=1S/C17H17F2N3OS/c1-12(14-9-5-6-10-15(14)23-16(18)19)21-22-17(24)20-11-13-7-3-2-4-8-13/h2-10,16H,11H2,1H3,(H2,20,22,24)/b21-12+. The fourth-order valence-electron chi connectivity index (χ4n) is 1.98. The van der Waals surface area contributed by atoms with Crippen LogP contribution in [0, 0.1) is 0 Å². The van der Waals surface area contributed by atoms with Gasteiger partial charge in [-0.3, -0.25) is 5.43 Å². The largest absolute Gasteiger partial charge is 0.434 e. The molecule has 4 nitrogen and oxygen atoms in total. The molecule has 2 aromatic carbocycles. The summed E-state index contributed by atoms with van der Waals surface area (Å²) < 4.78 is 29.4. The lowest BCUT2D eigenvalue weighted by Gasteiger charge is -2.11. The highest BCUT2D eigenvalue weighted by Gasteiger charge is 2.11. The molecule has 7 heteroatoms. The Morgan fingerprint density at radius 1 is 1.12 bits per heavy atom. The number of halogens is 2. The average molecular weight is 349 g/mol. The van der Waals surface area contributed by atoms with Gasteiger partial charge in [0.05, 0.1) is 5.71 Å². The van der Waals surface area contributed by atoms with Crippen molar-refractivity contribution in [1.82, 2.24) is 10.7 Å². The summed E-state index contributed by atoms with van der Waals surface area (Å²) in [7, 11) is 0. The van der Waals surface area contributed by atoms with E-state index in [9.17, 15) is 8.78 Å². The highest BCUT2D eigenvalue weighted by molar-refractivity contribution is 7.80. The van der Waals surface area contributed by atoms with Gasteiger partial charge >= 0.3 is 6.61 Å². The minimum Gasteiger partial charge on any atom is -0.434 e. The van der Waals surface area contributed by atoms with Crippen LogP contribution in [0.2, 0.25) is 0 Å². The van der Waals surface area contributed by atoms with Crippen molar-refractivity contribution in [1.29, 1.82) is 0 Å². The van der Waals surface area contributed by atoms with Crippen LogP contribution in [0.5, 0.6) is 5.75 Å². The topological polar surface area (TPSA) is 45.7 Å². The number of benzene rings is 2. The molecule has 0 aliphatic rings. The van der Waals surface area contributed by atoms with E-state index in [0.717, 1.165) is 5.56 Å². The zero-order chi connectivity index (χ0) is 17.4. The van der Waals surface area contributed by atoms with Gasteiger partial charge in [0, 0.05) is 12.1 Å². The van der Waals surface area contributed by atoms with E-state index in [2.05, 4.69) is 20.6 Å². The summed E-state index contributed by atoms with van der Waals surface area (Å²) in [5, 5.41) is 7.47. The maximum atomic E-state index is 12.4.